The van der Waals surface area contributed by atoms with Crippen molar-refractivity contribution in [3.63, 3.8) is 0 Å². The van der Waals surface area contributed by atoms with Gasteiger partial charge in [0.2, 0.25) is 10.0 Å². The first-order chi connectivity index (χ1) is 14.0. The summed E-state index contributed by atoms with van der Waals surface area (Å²) in [5.74, 6) is 0.935. The Hall–Kier alpha value is -1.31. The Labute approximate surface area is 176 Å². The van der Waals surface area contributed by atoms with Gasteiger partial charge in [0.25, 0.3) is 0 Å². The minimum atomic E-state index is -3.11. The Morgan fingerprint density at radius 3 is 2.38 bits per heavy atom. The van der Waals surface area contributed by atoms with Crippen molar-refractivity contribution in [1.82, 2.24) is 9.21 Å². The lowest BCUT2D eigenvalue weighted by atomic mass is 9.95. The molecule has 3 rings (SSSR count). The van der Waals surface area contributed by atoms with Gasteiger partial charge in [0.15, 0.2) is 0 Å². The second-order valence-electron chi connectivity index (χ2n) is 8.37. The predicted octanol–water partition coefficient (Wildman–Crippen LogP) is 3.19. The fourth-order valence-electron chi connectivity index (χ4n) is 4.69. The molecule has 0 unspecified atom stereocenters. The molecule has 0 bridgehead atoms. The summed E-state index contributed by atoms with van der Waals surface area (Å²) in [4.78, 5) is 4.89. The van der Waals surface area contributed by atoms with E-state index in [0.717, 1.165) is 77.0 Å². The molecule has 0 aromatic heterocycles. The lowest BCUT2D eigenvalue weighted by molar-refractivity contribution is 0.230. The van der Waals surface area contributed by atoms with E-state index in [1.807, 2.05) is 12.1 Å². The number of piperazine rings is 1. The molecule has 1 saturated carbocycles. The summed E-state index contributed by atoms with van der Waals surface area (Å²) < 4.78 is 31.8. The van der Waals surface area contributed by atoms with E-state index in [2.05, 4.69) is 21.9 Å². The monoisotopic (exact) mass is 423 g/mol. The van der Waals surface area contributed by atoms with Crippen LogP contribution in [-0.2, 0) is 10.0 Å². The fourth-order valence-corrected chi connectivity index (χ4v) is 5.91. The molecule has 0 atom stereocenters. The molecule has 0 N–H and O–H groups in total. The molecule has 0 amide bonds. The van der Waals surface area contributed by atoms with Crippen molar-refractivity contribution in [2.75, 3.05) is 57.5 Å². The first-order valence-electron chi connectivity index (χ1n) is 11.1. The Morgan fingerprint density at radius 1 is 1.03 bits per heavy atom. The van der Waals surface area contributed by atoms with Crippen molar-refractivity contribution in [1.29, 1.82) is 0 Å². The molecule has 7 heteroatoms. The number of sulfonamides is 1. The number of para-hydroxylation sites is 2. The molecule has 1 aliphatic heterocycles. The van der Waals surface area contributed by atoms with Crippen LogP contribution >= 0.6 is 0 Å². The molecule has 2 aliphatic rings. The van der Waals surface area contributed by atoms with Gasteiger partial charge >= 0.3 is 0 Å². The van der Waals surface area contributed by atoms with Crippen molar-refractivity contribution < 1.29 is 13.2 Å². The van der Waals surface area contributed by atoms with Gasteiger partial charge in [-0.25, -0.2) is 8.42 Å². The lowest BCUT2D eigenvalue weighted by Gasteiger charge is -2.37. The van der Waals surface area contributed by atoms with Crippen molar-refractivity contribution in [3.8, 4) is 5.75 Å². The number of anilines is 1. The van der Waals surface area contributed by atoms with Crippen LogP contribution in [0, 0.1) is 0 Å². The Bertz CT molecular complexity index is 727. The molecule has 1 aromatic carbocycles. The van der Waals surface area contributed by atoms with Gasteiger partial charge in [0.05, 0.1) is 19.1 Å². The van der Waals surface area contributed by atoms with Crippen LogP contribution in [0.4, 0.5) is 5.69 Å². The van der Waals surface area contributed by atoms with Crippen molar-refractivity contribution in [2.24, 2.45) is 0 Å². The molecular weight excluding hydrogens is 386 g/mol. The van der Waals surface area contributed by atoms with Crippen LogP contribution in [0.3, 0.4) is 0 Å². The normalized spacial score (nSPS) is 19.6. The number of methoxy groups -OCH3 is 1. The van der Waals surface area contributed by atoms with E-state index in [-0.39, 0.29) is 6.04 Å². The number of rotatable bonds is 9. The first kappa shape index (κ1) is 22.4. The largest absolute Gasteiger partial charge is 0.495 e. The van der Waals surface area contributed by atoms with E-state index in [9.17, 15) is 8.42 Å². The highest BCUT2D eigenvalue weighted by Crippen LogP contribution is 2.28. The molecule has 2 fully saturated rings. The van der Waals surface area contributed by atoms with E-state index in [1.54, 1.807) is 11.4 Å². The molecule has 1 heterocycles. The Kier molecular flexibility index (Phi) is 8.21. The molecular formula is C22H37N3O3S. The molecule has 1 saturated heterocycles. The molecule has 1 aliphatic carbocycles. The minimum absolute atomic E-state index is 0.225. The van der Waals surface area contributed by atoms with Crippen LogP contribution in [-0.4, -0.2) is 76.3 Å². The van der Waals surface area contributed by atoms with E-state index in [1.165, 1.54) is 18.4 Å². The molecule has 0 radical (unpaired) electrons. The third-order valence-electron chi connectivity index (χ3n) is 6.31. The highest BCUT2D eigenvalue weighted by molar-refractivity contribution is 7.88. The highest BCUT2D eigenvalue weighted by Gasteiger charge is 2.27. The third-order valence-corrected chi connectivity index (χ3v) is 7.64. The second-order valence-corrected chi connectivity index (χ2v) is 10.3. The summed E-state index contributed by atoms with van der Waals surface area (Å²) in [5, 5.41) is 0. The van der Waals surface area contributed by atoms with Gasteiger partial charge < -0.3 is 9.64 Å². The maximum absolute atomic E-state index is 12.2. The zero-order chi connectivity index (χ0) is 20.7. The summed E-state index contributed by atoms with van der Waals surface area (Å²) >= 11 is 0. The standard InChI is InChI=1S/C22H37N3O3S/c1-28-22-13-7-6-12-21(22)24-18-16-23(17-19-24)14-8-9-15-25(29(2,26)27)20-10-4-3-5-11-20/h6-7,12-13,20H,3-5,8-11,14-19H2,1-2H3. The van der Waals surface area contributed by atoms with Crippen LogP contribution in [0.1, 0.15) is 44.9 Å². The Balaban J connectivity index is 1.41. The van der Waals surface area contributed by atoms with Crippen LogP contribution in [0.2, 0.25) is 0 Å². The van der Waals surface area contributed by atoms with Crippen LogP contribution in [0.5, 0.6) is 5.75 Å². The van der Waals surface area contributed by atoms with Gasteiger partial charge in [-0.1, -0.05) is 31.4 Å². The van der Waals surface area contributed by atoms with E-state index < -0.39 is 10.0 Å². The van der Waals surface area contributed by atoms with Crippen molar-refractivity contribution in [2.45, 2.75) is 51.0 Å². The number of nitrogens with zero attached hydrogens (tertiary/aromatic N) is 3. The van der Waals surface area contributed by atoms with Gasteiger partial charge in [-0.2, -0.15) is 4.31 Å². The fraction of sp³-hybridized carbons (Fsp3) is 0.727. The summed E-state index contributed by atoms with van der Waals surface area (Å²) in [7, 11) is -1.39. The van der Waals surface area contributed by atoms with Gasteiger partial charge in [-0.15, -0.1) is 0 Å². The topological polar surface area (TPSA) is 53.1 Å². The highest BCUT2D eigenvalue weighted by atomic mass is 32.2. The molecule has 0 spiro atoms. The summed E-state index contributed by atoms with van der Waals surface area (Å²) in [5.41, 5.74) is 1.17. The van der Waals surface area contributed by atoms with Gasteiger partial charge in [0, 0.05) is 38.8 Å². The van der Waals surface area contributed by atoms with Gasteiger partial charge in [0.1, 0.15) is 5.75 Å². The SMILES string of the molecule is COc1ccccc1N1CCN(CCCCN(C2CCCCC2)S(C)(=O)=O)CC1. The first-order valence-corrected chi connectivity index (χ1v) is 12.9. The van der Waals surface area contributed by atoms with Gasteiger partial charge in [-0.05, 0) is 44.4 Å². The maximum Gasteiger partial charge on any atom is 0.211 e. The van der Waals surface area contributed by atoms with E-state index in [0.29, 0.717) is 6.54 Å². The summed E-state index contributed by atoms with van der Waals surface area (Å²) in [6, 6.07) is 8.43. The molecule has 29 heavy (non-hydrogen) atoms. The van der Waals surface area contributed by atoms with Crippen LogP contribution < -0.4 is 9.64 Å². The quantitative estimate of drug-likeness (QED) is 0.571. The average Bonchev–Trinajstić information content (AvgIpc) is 2.74. The van der Waals surface area contributed by atoms with Gasteiger partial charge in [-0.3, -0.25) is 4.90 Å². The lowest BCUT2D eigenvalue weighted by Crippen LogP contribution is -2.47. The van der Waals surface area contributed by atoms with Crippen molar-refractivity contribution >= 4 is 15.7 Å². The molecule has 6 nitrogen and oxygen atoms in total. The van der Waals surface area contributed by atoms with E-state index in [4.69, 9.17) is 4.74 Å². The maximum atomic E-state index is 12.2. The Morgan fingerprint density at radius 2 is 1.72 bits per heavy atom. The minimum Gasteiger partial charge on any atom is -0.495 e. The van der Waals surface area contributed by atoms with Crippen LogP contribution in [0.25, 0.3) is 0 Å². The summed E-state index contributed by atoms with van der Waals surface area (Å²) in [6.45, 7) is 5.79. The predicted molar refractivity (Wildman–Crippen MR) is 119 cm³/mol. The van der Waals surface area contributed by atoms with E-state index >= 15 is 0 Å². The van der Waals surface area contributed by atoms with Crippen molar-refractivity contribution in [3.05, 3.63) is 24.3 Å². The number of ether oxygens (including phenoxy) is 1. The number of hydrogen-bond donors (Lipinski definition) is 0. The molecule has 164 valence electrons. The number of benzene rings is 1. The number of hydrogen-bond acceptors (Lipinski definition) is 5. The third kappa shape index (κ3) is 6.33. The summed E-state index contributed by atoms with van der Waals surface area (Å²) in [6.07, 6.45) is 8.98. The average molecular weight is 424 g/mol. The zero-order valence-electron chi connectivity index (χ0n) is 18.1. The zero-order valence-corrected chi connectivity index (χ0v) is 18.9. The van der Waals surface area contributed by atoms with Crippen LogP contribution in [0.15, 0.2) is 24.3 Å². The smallest absolute Gasteiger partial charge is 0.211 e. The molecule has 1 aromatic rings. The number of unbranched alkanes of at least 4 members (excludes halogenated alkanes) is 1. The second kappa shape index (κ2) is 10.6.